The van der Waals surface area contributed by atoms with Crippen LogP contribution in [-0.2, 0) is 11.0 Å². The van der Waals surface area contributed by atoms with Gasteiger partial charge in [0.2, 0.25) is 0 Å². The summed E-state index contributed by atoms with van der Waals surface area (Å²) in [6.45, 7) is 5.31. The van der Waals surface area contributed by atoms with E-state index in [-0.39, 0.29) is 0 Å². The van der Waals surface area contributed by atoms with E-state index in [9.17, 15) is 4.21 Å². The van der Waals surface area contributed by atoms with Gasteiger partial charge in [-0.2, -0.15) is 0 Å². The minimum absolute atomic E-state index is 0.403. The molecule has 3 unspecified atom stereocenters. The number of hydrogen-bond donors (Lipinski definition) is 1. The van der Waals surface area contributed by atoms with Gasteiger partial charge in [0.15, 0.2) is 0 Å². The van der Waals surface area contributed by atoms with E-state index in [1.165, 1.54) is 25.7 Å². The second-order valence-electron chi connectivity index (χ2n) is 4.35. The first-order valence-corrected chi connectivity index (χ1v) is 7.11. The SMILES string of the molecule is CCCCNS(=O)C1CCCCC1C. The number of nitrogens with one attached hydrogen (secondary N) is 1. The summed E-state index contributed by atoms with van der Waals surface area (Å²) >= 11 is 0. The van der Waals surface area contributed by atoms with Gasteiger partial charge in [-0.25, -0.2) is 8.93 Å². The Balaban J connectivity index is 2.27. The van der Waals surface area contributed by atoms with E-state index in [0.29, 0.717) is 11.2 Å². The number of unbranched alkanes of at least 4 members (excludes halogenated alkanes) is 1. The Bertz CT molecular complexity index is 184. The fraction of sp³-hybridized carbons (Fsp3) is 1.00. The lowest BCUT2D eigenvalue weighted by Gasteiger charge is -2.27. The highest BCUT2D eigenvalue weighted by Crippen LogP contribution is 2.26. The van der Waals surface area contributed by atoms with E-state index in [2.05, 4.69) is 18.6 Å². The van der Waals surface area contributed by atoms with Gasteiger partial charge in [0.05, 0.1) is 16.2 Å². The third-order valence-corrected chi connectivity index (χ3v) is 4.82. The first kappa shape index (κ1) is 12.2. The molecule has 1 aliphatic carbocycles. The first-order valence-electron chi connectivity index (χ1n) is 5.89. The van der Waals surface area contributed by atoms with Crippen LogP contribution < -0.4 is 4.72 Å². The van der Waals surface area contributed by atoms with E-state index in [0.717, 1.165) is 19.4 Å². The Morgan fingerprint density at radius 3 is 2.71 bits per heavy atom. The third kappa shape index (κ3) is 3.70. The van der Waals surface area contributed by atoms with Crippen LogP contribution in [0.5, 0.6) is 0 Å². The summed E-state index contributed by atoms with van der Waals surface area (Å²) in [5.74, 6) is 0.638. The molecule has 0 aromatic heterocycles. The van der Waals surface area contributed by atoms with Crippen LogP contribution in [0, 0.1) is 5.92 Å². The molecule has 1 aliphatic rings. The molecule has 1 rings (SSSR count). The van der Waals surface area contributed by atoms with Crippen molar-refractivity contribution in [1.82, 2.24) is 4.72 Å². The molecule has 1 saturated carbocycles. The van der Waals surface area contributed by atoms with Crippen LogP contribution in [0.15, 0.2) is 0 Å². The van der Waals surface area contributed by atoms with Gasteiger partial charge in [-0.3, -0.25) is 0 Å². The summed E-state index contributed by atoms with van der Waals surface area (Å²) < 4.78 is 15.0. The highest BCUT2D eigenvalue weighted by atomic mass is 32.2. The van der Waals surface area contributed by atoms with Crippen molar-refractivity contribution in [2.24, 2.45) is 5.92 Å². The molecule has 0 saturated heterocycles. The molecule has 0 spiro atoms. The van der Waals surface area contributed by atoms with E-state index >= 15 is 0 Å². The fourth-order valence-electron chi connectivity index (χ4n) is 2.06. The zero-order valence-corrected chi connectivity index (χ0v) is 10.2. The van der Waals surface area contributed by atoms with Crippen LogP contribution in [0.2, 0.25) is 0 Å². The average molecular weight is 217 g/mol. The molecule has 0 aromatic carbocycles. The molecular formula is C11H23NOS. The molecule has 2 nitrogen and oxygen atoms in total. The lowest BCUT2D eigenvalue weighted by Crippen LogP contribution is -2.35. The van der Waals surface area contributed by atoms with Gasteiger partial charge in [0.25, 0.3) is 0 Å². The maximum Gasteiger partial charge on any atom is 0.0949 e. The van der Waals surface area contributed by atoms with Crippen LogP contribution >= 0.6 is 0 Å². The molecule has 3 atom stereocenters. The van der Waals surface area contributed by atoms with E-state index in [1.807, 2.05) is 0 Å². The Labute approximate surface area is 90.4 Å². The minimum Gasteiger partial charge on any atom is -0.243 e. The highest BCUT2D eigenvalue weighted by Gasteiger charge is 2.26. The molecule has 0 bridgehead atoms. The van der Waals surface area contributed by atoms with Gasteiger partial charge in [-0.05, 0) is 25.2 Å². The van der Waals surface area contributed by atoms with Crippen molar-refractivity contribution in [3.05, 3.63) is 0 Å². The van der Waals surface area contributed by atoms with Gasteiger partial charge in [-0.1, -0.05) is 33.1 Å². The minimum atomic E-state index is -0.788. The van der Waals surface area contributed by atoms with Crippen molar-refractivity contribution in [3.8, 4) is 0 Å². The van der Waals surface area contributed by atoms with Crippen molar-refractivity contribution < 1.29 is 4.21 Å². The maximum absolute atomic E-state index is 11.9. The Hall–Kier alpha value is 0.110. The molecule has 1 N–H and O–H groups in total. The molecule has 14 heavy (non-hydrogen) atoms. The molecule has 84 valence electrons. The lowest BCUT2D eigenvalue weighted by atomic mass is 9.90. The number of rotatable bonds is 5. The lowest BCUT2D eigenvalue weighted by molar-refractivity contribution is 0.389. The van der Waals surface area contributed by atoms with Gasteiger partial charge in [0, 0.05) is 6.54 Å². The third-order valence-electron chi connectivity index (χ3n) is 3.08. The van der Waals surface area contributed by atoms with Crippen LogP contribution in [0.3, 0.4) is 0 Å². The number of hydrogen-bond acceptors (Lipinski definition) is 1. The molecule has 0 amide bonds. The van der Waals surface area contributed by atoms with Gasteiger partial charge >= 0.3 is 0 Å². The molecule has 0 radical (unpaired) electrons. The van der Waals surface area contributed by atoms with E-state index in [1.54, 1.807) is 0 Å². The first-order chi connectivity index (χ1) is 6.75. The van der Waals surface area contributed by atoms with Gasteiger partial charge in [-0.15, -0.1) is 0 Å². The average Bonchev–Trinajstić information content (AvgIpc) is 2.18. The van der Waals surface area contributed by atoms with Crippen LogP contribution in [0.4, 0.5) is 0 Å². The molecule has 1 fully saturated rings. The Morgan fingerprint density at radius 2 is 2.07 bits per heavy atom. The molecule has 3 heteroatoms. The summed E-state index contributed by atoms with van der Waals surface area (Å²) in [4.78, 5) is 0. The molecular weight excluding hydrogens is 194 g/mol. The highest BCUT2D eigenvalue weighted by molar-refractivity contribution is 7.83. The van der Waals surface area contributed by atoms with Crippen molar-refractivity contribution >= 4 is 11.0 Å². The zero-order chi connectivity index (χ0) is 10.4. The van der Waals surface area contributed by atoms with Crippen molar-refractivity contribution in [3.63, 3.8) is 0 Å². The van der Waals surface area contributed by atoms with Crippen LogP contribution in [0.25, 0.3) is 0 Å². The summed E-state index contributed by atoms with van der Waals surface area (Å²) in [7, 11) is -0.788. The zero-order valence-electron chi connectivity index (χ0n) is 9.42. The smallest absolute Gasteiger partial charge is 0.0949 e. The largest absolute Gasteiger partial charge is 0.243 e. The normalized spacial score (nSPS) is 30.1. The second-order valence-corrected chi connectivity index (χ2v) is 5.83. The van der Waals surface area contributed by atoms with Crippen LogP contribution in [-0.4, -0.2) is 16.0 Å². The maximum atomic E-state index is 11.9. The fourth-order valence-corrected chi connectivity index (χ4v) is 3.56. The standard InChI is InChI=1S/C11H23NOS/c1-3-4-9-12-14(13)11-8-6-5-7-10(11)2/h10-12H,3-9H2,1-2H3. The predicted molar refractivity (Wildman–Crippen MR) is 62.5 cm³/mol. The summed E-state index contributed by atoms with van der Waals surface area (Å²) in [5.41, 5.74) is 0. The van der Waals surface area contributed by atoms with Gasteiger partial charge in [0.1, 0.15) is 0 Å². The van der Waals surface area contributed by atoms with E-state index < -0.39 is 11.0 Å². The molecule has 0 aliphatic heterocycles. The quantitative estimate of drug-likeness (QED) is 0.705. The van der Waals surface area contributed by atoms with Crippen molar-refractivity contribution in [1.29, 1.82) is 0 Å². The summed E-state index contributed by atoms with van der Waals surface area (Å²) in [6, 6.07) is 0. The molecule has 0 aromatic rings. The Morgan fingerprint density at radius 1 is 1.36 bits per heavy atom. The van der Waals surface area contributed by atoms with E-state index in [4.69, 9.17) is 0 Å². The summed E-state index contributed by atoms with van der Waals surface area (Å²) in [5, 5.41) is 0.403. The monoisotopic (exact) mass is 217 g/mol. The van der Waals surface area contributed by atoms with Crippen LogP contribution in [0.1, 0.15) is 52.4 Å². The van der Waals surface area contributed by atoms with Crippen molar-refractivity contribution in [2.45, 2.75) is 57.6 Å². The van der Waals surface area contributed by atoms with Gasteiger partial charge < -0.3 is 0 Å². The summed E-state index contributed by atoms with van der Waals surface area (Å²) in [6.07, 6.45) is 7.29. The second kappa shape index (κ2) is 6.57. The molecule has 0 heterocycles. The predicted octanol–water partition coefficient (Wildman–Crippen LogP) is 2.62. The topological polar surface area (TPSA) is 29.1 Å². The Kier molecular flexibility index (Phi) is 5.71. The van der Waals surface area contributed by atoms with Crippen molar-refractivity contribution in [2.75, 3.05) is 6.54 Å².